The smallest absolute Gasteiger partial charge is 0.328 e. The Morgan fingerprint density at radius 3 is 1.70 bits per heavy atom. The highest BCUT2D eigenvalue weighted by molar-refractivity contribution is 6.40. The summed E-state index contributed by atoms with van der Waals surface area (Å²) in [5.74, 6) is -5.13. The van der Waals surface area contributed by atoms with Crippen LogP contribution in [0.15, 0.2) is 44.6 Å². The van der Waals surface area contributed by atoms with Crippen molar-refractivity contribution in [1.29, 1.82) is 0 Å². The van der Waals surface area contributed by atoms with Gasteiger partial charge in [-0.15, -0.1) is 0 Å². The number of hydroxylamine groups is 1. The molecular weight excluding hydrogens is 1040 g/mol. The quantitative estimate of drug-likeness (QED) is 0.00686. The number of hydrogen-bond acceptors (Lipinski definition) is 23. The highest BCUT2D eigenvalue weighted by atomic mass is 16.6. The van der Waals surface area contributed by atoms with Crippen molar-refractivity contribution in [2.45, 2.75) is 141 Å². The Bertz CT molecular complexity index is 2670. The summed E-state index contributed by atoms with van der Waals surface area (Å²) in [6, 6.07) is -1.64. The van der Waals surface area contributed by atoms with E-state index >= 15 is 0 Å². The van der Waals surface area contributed by atoms with Gasteiger partial charge in [0, 0.05) is 23.3 Å². The lowest BCUT2D eigenvalue weighted by Gasteiger charge is -2.23. The fourth-order valence-electron chi connectivity index (χ4n) is 8.45. The third-order valence-corrected chi connectivity index (χ3v) is 12.6. The second-order valence-electron chi connectivity index (χ2n) is 19.6. The van der Waals surface area contributed by atoms with E-state index in [1.54, 1.807) is 6.08 Å². The number of aromatic hydroxyl groups is 1. The number of rotatable bonds is 39. The van der Waals surface area contributed by atoms with Gasteiger partial charge in [0.15, 0.2) is 24.7 Å². The number of ketones is 2. The first-order chi connectivity index (χ1) is 38.1. The van der Waals surface area contributed by atoms with Crippen LogP contribution in [0.25, 0.3) is 21.9 Å². The van der Waals surface area contributed by atoms with Crippen molar-refractivity contribution < 1.29 is 62.1 Å². The summed E-state index contributed by atoms with van der Waals surface area (Å²) in [7, 11) is 3.89. The monoisotopic (exact) mass is 1130 g/mol. The zero-order chi connectivity index (χ0) is 59.5. The number of phenolic OH excluding ortho intramolecular Hbond substituents is 1. The average Bonchev–Trinajstić information content (AvgIpc) is 3.48. The van der Waals surface area contributed by atoms with E-state index in [1.165, 1.54) is 33.5 Å². The average molecular weight is 1130 g/mol. The molecule has 3 aromatic rings. The molecule has 0 spiro atoms. The number of methoxy groups -OCH3 is 2. The van der Waals surface area contributed by atoms with Crippen LogP contribution >= 0.6 is 0 Å². The summed E-state index contributed by atoms with van der Waals surface area (Å²) in [5, 5.41) is 25.6. The molecule has 0 saturated heterocycles. The SMILES string of the molecule is CON[C@@H](CCCNC(N)N)C(=O)N[C@@H](CCCCN)C(=O)C(=O)COc1cc2oc3cc(OCC(=O)N[C@@H](CCCCN)C(=O)N[C@@H](CCCNC(N)N)C(=O)OC)c(OC)c(CC=C(C)C)c3c(=O)c2c(O)c1CC=C(C)C. The molecule has 26 heteroatoms. The van der Waals surface area contributed by atoms with Gasteiger partial charge >= 0.3 is 5.97 Å². The maximum atomic E-state index is 14.9. The van der Waals surface area contributed by atoms with Crippen molar-refractivity contribution in [3.05, 3.63) is 56.8 Å². The first-order valence-corrected chi connectivity index (χ1v) is 26.7. The van der Waals surface area contributed by atoms with E-state index < -0.39 is 96.4 Å². The van der Waals surface area contributed by atoms with Gasteiger partial charge in [-0.2, -0.15) is 5.48 Å². The Labute approximate surface area is 466 Å². The van der Waals surface area contributed by atoms with Crippen molar-refractivity contribution in [1.82, 2.24) is 32.1 Å². The van der Waals surface area contributed by atoms with E-state index in [-0.39, 0.29) is 83.3 Å². The van der Waals surface area contributed by atoms with Gasteiger partial charge in [-0.3, -0.25) is 39.4 Å². The number of unbranched alkanes of at least 4 members (excludes halogenated alkanes) is 2. The van der Waals surface area contributed by atoms with Crippen LogP contribution in [0, 0.1) is 0 Å². The Kier molecular flexibility index (Phi) is 29.8. The number of nitrogens with two attached hydrogens (primary N) is 6. The van der Waals surface area contributed by atoms with E-state index in [0.717, 1.165) is 11.1 Å². The highest BCUT2D eigenvalue weighted by Gasteiger charge is 2.32. The van der Waals surface area contributed by atoms with E-state index in [9.17, 15) is 38.7 Å². The number of carbonyl (C=O) groups excluding carboxylic acids is 6. The number of benzene rings is 2. The fourth-order valence-corrected chi connectivity index (χ4v) is 8.45. The van der Waals surface area contributed by atoms with Crippen LogP contribution in [0.3, 0.4) is 0 Å². The van der Waals surface area contributed by atoms with Crippen molar-refractivity contribution in [2.75, 3.05) is 60.7 Å². The minimum Gasteiger partial charge on any atom is -0.507 e. The second-order valence-corrected chi connectivity index (χ2v) is 19.6. The molecule has 0 aliphatic carbocycles. The Morgan fingerprint density at radius 2 is 1.15 bits per heavy atom. The zero-order valence-electron chi connectivity index (χ0n) is 47.2. The standard InChI is InChI=1S/C54H86N12O14/c1-30(2)18-20-32-39(78-28-38(67)47(70)34(14-8-10-22-55)64-51(73)36(66-77-7)16-12-24-61-53(57)58)26-41-45(46(32)69)48(71)44-33(21-19-31(3)4)49(75-5)42(27-40(44)80-41)79-29-43(68)63-35(15-9-11-23-56)50(72)65-37(52(74)76-6)17-13-25-62-54(59)60/h18-19,26-27,34-37,53-54,61-62,66,69H,8-17,20-25,28-29,55-60H2,1-7H3,(H,63,68)(H,64,73)(H,65,72)/t34-,35-,36-,37-/m0/s1. The summed E-state index contributed by atoms with van der Waals surface area (Å²) >= 11 is 0. The number of allylic oxidation sites excluding steroid dienone is 4. The number of ether oxygens (including phenoxy) is 4. The van der Waals surface area contributed by atoms with E-state index in [1.807, 2.05) is 33.8 Å². The van der Waals surface area contributed by atoms with E-state index in [0.29, 0.717) is 70.3 Å². The lowest BCUT2D eigenvalue weighted by molar-refractivity contribution is -0.145. The second kappa shape index (κ2) is 35.2. The summed E-state index contributed by atoms with van der Waals surface area (Å²) in [5.41, 5.74) is 37.6. The predicted octanol–water partition coefficient (Wildman–Crippen LogP) is 0.120. The normalized spacial score (nSPS) is 12.8. The van der Waals surface area contributed by atoms with E-state index in [2.05, 4.69) is 32.1 Å². The van der Waals surface area contributed by atoms with Crippen molar-refractivity contribution in [2.24, 2.45) is 34.4 Å². The van der Waals surface area contributed by atoms with Gasteiger partial charge in [-0.05, 0) is 131 Å². The van der Waals surface area contributed by atoms with Crippen LogP contribution in [0.4, 0.5) is 0 Å². The minimum absolute atomic E-state index is 0.0220. The molecule has 26 nitrogen and oxygen atoms in total. The lowest BCUT2D eigenvalue weighted by atomic mass is 9.98. The van der Waals surface area contributed by atoms with Gasteiger partial charge in [-0.1, -0.05) is 23.3 Å². The molecule has 446 valence electrons. The molecule has 1 aromatic heterocycles. The Morgan fingerprint density at radius 1 is 0.637 bits per heavy atom. The Hall–Kier alpha value is -6.59. The minimum atomic E-state index is -1.25. The van der Waals surface area contributed by atoms with Gasteiger partial charge in [0.1, 0.15) is 58.8 Å². The maximum Gasteiger partial charge on any atom is 0.328 e. The summed E-state index contributed by atoms with van der Waals surface area (Å²) < 4.78 is 29.3. The van der Waals surface area contributed by atoms with Gasteiger partial charge in [0.05, 0.1) is 32.8 Å². The molecule has 0 aliphatic heterocycles. The zero-order valence-corrected chi connectivity index (χ0v) is 47.2. The number of hydrogen-bond donors (Lipinski definition) is 13. The number of amides is 3. The summed E-state index contributed by atoms with van der Waals surface area (Å²) in [4.78, 5) is 101. The van der Waals surface area contributed by atoms with Gasteiger partial charge in [0.2, 0.25) is 28.8 Å². The molecule has 1 heterocycles. The van der Waals surface area contributed by atoms with Crippen LogP contribution in [0.1, 0.15) is 103 Å². The topological polar surface area (TPSA) is 427 Å². The summed E-state index contributed by atoms with van der Waals surface area (Å²) in [6.45, 7) is 7.28. The maximum absolute atomic E-state index is 14.9. The molecule has 0 fully saturated rings. The van der Waals surface area contributed by atoms with Crippen LogP contribution in [-0.4, -0.2) is 138 Å². The summed E-state index contributed by atoms with van der Waals surface area (Å²) in [6.07, 6.45) is 5.71. The van der Waals surface area contributed by atoms with Crippen LogP contribution in [-0.2, 0) is 51.2 Å². The molecule has 0 saturated carbocycles. The highest BCUT2D eigenvalue weighted by Crippen LogP contribution is 2.42. The molecular formula is C54H86N12O14. The third-order valence-electron chi connectivity index (χ3n) is 12.6. The van der Waals surface area contributed by atoms with Crippen LogP contribution in [0.2, 0.25) is 0 Å². The first-order valence-electron chi connectivity index (χ1n) is 26.7. The van der Waals surface area contributed by atoms with Crippen LogP contribution < -0.4 is 86.1 Å². The van der Waals surface area contributed by atoms with Crippen LogP contribution in [0.5, 0.6) is 23.0 Å². The van der Waals surface area contributed by atoms with E-state index in [4.69, 9.17) is 62.6 Å². The van der Waals surface area contributed by atoms with Crippen molar-refractivity contribution in [3.63, 3.8) is 0 Å². The molecule has 4 atom stereocenters. The first kappa shape index (κ1) is 67.7. The molecule has 19 N–H and O–H groups in total. The molecule has 0 bridgehead atoms. The molecule has 0 unspecified atom stereocenters. The van der Waals surface area contributed by atoms with Crippen molar-refractivity contribution >= 4 is 57.2 Å². The number of esters is 1. The molecule has 0 radical (unpaired) electrons. The fraction of sp³-hybridized carbons (Fsp3) is 0.574. The molecule has 3 amide bonds. The number of Topliss-reactive ketones (excluding diaryl/α,β-unsaturated/α-hetero) is 2. The van der Waals surface area contributed by atoms with Gasteiger partial charge in [0.25, 0.3) is 5.91 Å². The number of carbonyl (C=O) groups is 6. The third kappa shape index (κ3) is 21.5. The molecule has 0 aliphatic rings. The molecule has 3 rings (SSSR count). The molecule has 2 aromatic carbocycles. The van der Waals surface area contributed by atoms with Crippen molar-refractivity contribution in [3.8, 4) is 23.0 Å². The number of phenols is 1. The molecule has 80 heavy (non-hydrogen) atoms. The number of fused-ring (bicyclic) bond motifs is 2. The van der Waals surface area contributed by atoms with Gasteiger partial charge < -0.3 is 83.7 Å². The predicted molar refractivity (Wildman–Crippen MR) is 302 cm³/mol. The Balaban J connectivity index is 2.08. The lowest BCUT2D eigenvalue weighted by Crippen LogP contribution is -2.52. The largest absolute Gasteiger partial charge is 0.507 e. The van der Waals surface area contributed by atoms with Gasteiger partial charge in [-0.25, -0.2) is 4.79 Å². The number of nitrogens with one attached hydrogen (secondary N) is 6.